The Morgan fingerprint density at radius 3 is 2.28 bits per heavy atom. The van der Waals surface area contributed by atoms with Crippen molar-refractivity contribution in [2.24, 2.45) is 17.8 Å². The van der Waals surface area contributed by atoms with Crippen molar-refractivity contribution in [3.8, 4) is 0 Å². The summed E-state index contributed by atoms with van der Waals surface area (Å²) in [6.45, 7) is 2.01. The lowest BCUT2D eigenvalue weighted by atomic mass is 9.88. The van der Waals surface area contributed by atoms with Crippen molar-refractivity contribution in [2.75, 3.05) is 0 Å². The maximum Gasteiger partial charge on any atom is 0.307 e. The fourth-order valence-electron chi connectivity index (χ4n) is 2.68. The topological polar surface area (TPSA) is 54.4 Å². The molecule has 0 spiro atoms. The minimum Gasteiger partial charge on any atom is -0.481 e. The highest BCUT2D eigenvalue weighted by Gasteiger charge is 2.41. The second-order valence-corrected chi connectivity index (χ2v) is 6.24. The molecule has 0 bridgehead atoms. The molecular weight excluding hydrogens is 343 g/mol. The zero-order valence-corrected chi connectivity index (χ0v) is 12.3. The lowest BCUT2D eigenvalue weighted by Crippen LogP contribution is -2.25. The Morgan fingerprint density at radius 2 is 1.72 bits per heavy atom. The molecule has 1 aliphatic rings. The molecule has 2 rings (SSSR count). The summed E-state index contributed by atoms with van der Waals surface area (Å²) in [4.78, 5) is 23.5. The van der Waals surface area contributed by atoms with E-state index in [4.69, 9.17) is 0 Å². The van der Waals surface area contributed by atoms with E-state index < -0.39 is 11.9 Å². The van der Waals surface area contributed by atoms with Crippen LogP contribution in [0.25, 0.3) is 0 Å². The third-order valence-corrected chi connectivity index (χ3v) is 4.30. The summed E-state index contributed by atoms with van der Waals surface area (Å²) in [7, 11) is 0. The van der Waals surface area contributed by atoms with E-state index in [9.17, 15) is 14.7 Å². The van der Waals surface area contributed by atoms with Crippen molar-refractivity contribution in [1.29, 1.82) is 0 Å². The van der Waals surface area contributed by atoms with Gasteiger partial charge in [-0.2, -0.15) is 0 Å². The second kappa shape index (κ2) is 5.38. The minimum absolute atomic E-state index is 0.0249. The van der Waals surface area contributed by atoms with Crippen LogP contribution in [0.2, 0.25) is 0 Å². The average Bonchev–Trinajstić information content (AvgIpc) is 2.71. The number of rotatable bonds is 3. The average molecular weight is 358 g/mol. The molecule has 1 aromatic rings. The molecule has 1 aromatic carbocycles. The van der Waals surface area contributed by atoms with Crippen LogP contribution < -0.4 is 0 Å². The molecular formula is C14H15IO3. The minimum atomic E-state index is -0.844. The van der Waals surface area contributed by atoms with Crippen molar-refractivity contribution in [3.63, 3.8) is 0 Å². The van der Waals surface area contributed by atoms with Crippen LogP contribution >= 0.6 is 22.6 Å². The molecule has 1 aliphatic carbocycles. The Morgan fingerprint density at radius 1 is 1.17 bits per heavy atom. The first-order valence-electron chi connectivity index (χ1n) is 6.01. The standard InChI is InChI=1S/C14H15IO3/c1-8-6-11(12(7-8)14(17)18)13(16)9-2-4-10(15)5-3-9/h2-5,8,11-12H,6-7H2,1H3,(H,17,18). The second-order valence-electron chi connectivity index (χ2n) is 5.00. The fourth-order valence-corrected chi connectivity index (χ4v) is 3.04. The van der Waals surface area contributed by atoms with Crippen LogP contribution in [-0.4, -0.2) is 16.9 Å². The van der Waals surface area contributed by atoms with E-state index in [-0.39, 0.29) is 11.7 Å². The third-order valence-electron chi connectivity index (χ3n) is 3.58. The van der Waals surface area contributed by atoms with Crippen molar-refractivity contribution in [1.82, 2.24) is 0 Å². The molecule has 0 aromatic heterocycles. The molecule has 3 atom stereocenters. The molecule has 1 N–H and O–H groups in total. The molecule has 0 saturated heterocycles. The molecule has 3 nitrogen and oxygen atoms in total. The molecule has 18 heavy (non-hydrogen) atoms. The maximum absolute atomic E-state index is 12.4. The molecule has 1 saturated carbocycles. The Kier molecular flexibility index (Phi) is 4.04. The number of carbonyl (C=O) groups is 2. The summed E-state index contributed by atoms with van der Waals surface area (Å²) in [5, 5.41) is 9.19. The predicted octanol–water partition coefficient (Wildman–Crippen LogP) is 3.22. The Hall–Kier alpha value is -0.910. The van der Waals surface area contributed by atoms with E-state index in [1.807, 2.05) is 19.1 Å². The molecule has 0 aliphatic heterocycles. The maximum atomic E-state index is 12.4. The van der Waals surface area contributed by atoms with Gasteiger partial charge in [0.1, 0.15) is 0 Å². The largest absolute Gasteiger partial charge is 0.481 e. The first kappa shape index (κ1) is 13.5. The molecule has 0 amide bonds. The van der Waals surface area contributed by atoms with Crippen LogP contribution in [0, 0.1) is 21.3 Å². The molecule has 0 heterocycles. The van der Waals surface area contributed by atoms with Crippen LogP contribution in [0.3, 0.4) is 0 Å². The number of aliphatic carboxylic acids is 1. The number of Topliss-reactive ketones (excluding diaryl/α,β-unsaturated/α-hetero) is 1. The number of carbonyl (C=O) groups excluding carboxylic acids is 1. The first-order chi connectivity index (χ1) is 8.49. The first-order valence-corrected chi connectivity index (χ1v) is 7.09. The number of carboxylic acids is 1. The summed E-state index contributed by atoms with van der Waals surface area (Å²) in [6.07, 6.45) is 1.29. The van der Waals surface area contributed by atoms with Gasteiger partial charge in [0.25, 0.3) is 0 Å². The number of ketones is 1. The van der Waals surface area contributed by atoms with Gasteiger partial charge in [-0.15, -0.1) is 0 Å². The van der Waals surface area contributed by atoms with Crippen molar-refractivity contribution in [3.05, 3.63) is 33.4 Å². The van der Waals surface area contributed by atoms with Crippen LogP contribution in [0.5, 0.6) is 0 Å². The van der Waals surface area contributed by atoms with Gasteiger partial charge in [0.15, 0.2) is 5.78 Å². The number of hydrogen-bond donors (Lipinski definition) is 1. The number of hydrogen-bond acceptors (Lipinski definition) is 2. The van der Waals surface area contributed by atoms with E-state index in [1.165, 1.54) is 0 Å². The quantitative estimate of drug-likeness (QED) is 0.667. The van der Waals surface area contributed by atoms with Crippen molar-refractivity contribution < 1.29 is 14.7 Å². The molecule has 1 fully saturated rings. The summed E-state index contributed by atoms with van der Waals surface area (Å²) in [5.74, 6) is -1.44. The van der Waals surface area contributed by atoms with Gasteiger partial charge >= 0.3 is 5.97 Å². The highest BCUT2D eigenvalue weighted by Crippen LogP contribution is 2.38. The molecule has 0 radical (unpaired) electrons. The van der Waals surface area contributed by atoms with Gasteiger partial charge in [0.05, 0.1) is 5.92 Å². The third kappa shape index (κ3) is 2.74. The van der Waals surface area contributed by atoms with Gasteiger partial charge in [0.2, 0.25) is 0 Å². The molecule has 3 unspecified atom stereocenters. The highest BCUT2D eigenvalue weighted by atomic mass is 127. The summed E-state index contributed by atoms with van der Waals surface area (Å²) < 4.78 is 1.07. The van der Waals surface area contributed by atoms with Crippen LogP contribution in [0.4, 0.5) is 0 Å². The normalized spacial score (nSPS) is 27.1. The summed E-state index contributed by atoms with van der Waals surface area (Å²) in [5.41, 5.74) is 0.626. The van der Waals surface area contributed by atoms with E-state index in [0.29, 0.717) is 24.3 Å². The van der Waals surface area contributed by atoms with Gasteiger partial charge in [-0.3, -0.25) is 9.59 Å². The van der Waals surface area contributed by atoms with E-state index in [0.717, 1.165) is 3.57 Å². The molecule has 4 heteroatoms. The van der Waals surface area contributed by atoms with Gasteiger partial charge in [-0.1, -0.05) is 19.1 Å². The summed E-state index contributed by atoms with van der Waals surface area (Å²) >= 11 is 2.18. The smallest absolute Gasteiger partial charge is 0.307 e. The zero-order chi connectivity index (χ0) is 13.3. The van der Waals surface area contributed by atoms with Gasteiger partial charge in [-0.05, 0) is 53.5 Å². The number of benzene rings is 1. The van der Waals surface area contributed by atoms with Gasteiger partial charge < -0.3 is 5.11 Å². The summed E-state index contributed by atoms with van der Waals surface area (Å²) in [6, 6.07) is 7.32. The van der Waals surface area contributed by atoms with Crippen molar-refractivity contribution in [2.45, 2.75) is 19.8 Å². The lowest BCUT2D eigenvalue weighted by Gasteiger charge is -2.14. The van der Waals surface area contributed by atoms with E-state index in [1.54, 1.807) is 12.1 Å². The lowest BCUT2D eigenvalue weighted by molar-refractivity contribution is -0.142. The van der Waals surface area contributed by atoms with Crippen LogP contribution in [0.1, 0.15) is 30.1 Å². The number of carboxylic acid groups (broad SMARTS) is 1. The van der Waals surface area contributed by atoms with E-state index >= 15 is 0 Å². The van der Waals surface area contributed by atoms with Crippen LogP contribution in [-0.2, 0) is 4.79 Å². The Bertz CT molecular complexity index is 466. The Balaban J connectivity index is 2.22. The monoisotopic (exact) mass is 358 g/mol. The predicted molar refractivity (Wildman–Crippen MR) is 76.5 cm³/mol. The van der Waals surface area contributed by atoms with E-state index in [2.05, 4.69) is 22.6 Å². The Labute approximate surface area is 120 Å². The molecule has 96 valence electrons. The van der Waals surface area contributed by atoms with Crippen molar-refractivity contribution >= 4 is 34.3 Å². The zero-order valence-electron chi connectivity index (χ0n) is 10.1. The van der Waals surface area contributed by atoms with Crippen LogP contribution in [0.15, 0.2) is 24.3 Å². The van der Waals surface area contributed by atoms with Gasteiger partial charge in [0, 0.05) is 15.1 Å². The van der Waals surface area contributed by atoms with Gasteiger partial charge in [-0.25, -0.2) is 0 Å². The number of halogens is 1. The highest BCUT2D eigenvalue weighted by molar-refractivity contribution is 14.1. The fraction of sp³-hybridized carbons (Fsp3) is 0.429. The SMILES string of the molecule is CC1CC(C(=O)O)C(C(=O)c2ccc(I)cc2)C1.